The van der Waals surface area contributed by atoms with Crippen molar-refractivity contribution in [2.24, 2.45) is 0 Å². The predicted octanol–water partition coefficient (Wildman–Crippen LogP) is 1.21. The summed E-state index contributed by atoms with van der Waals surface area (Å²) in [5, 5.41) is 0. The van der Waals surface area contributed by atoms with Gasteiger partial charge in [0.2, 0.25) is 0 Å². The Hall–Kier alpha value is -2.98. The van der Waals surface area contributed by atoms with Crippen molar-refractivity contribution in [1.82, 2.24) is 9.47 Å². The average Bonchev–Trinajstić information content (AvgIpc) is 2.68. The minimum Gasteiger partial charge on any atom is -0.468 e. The molecule has 2 atom stereocenters. The Morgan fingerprint density at radius 1 is 1.00 bits per heavy atom. The molecule has 0 aliphatic carbocycles. The molecular formula is C20H30N2O8. The molecule has 30 heavy (non-hydrogen) atoms. The van der Waals surface area contributed by atoms with Crippen LogP contribution < -0.4 is 5.56 Å². The van der Waals surface area contributed by atoms with Gasteiger partial charge in [-0.1, -0.05) is 20.9 Å². The SMILES string of the molecule is C.C.COC(=O)CN1C(=O)C2C=C(C)C1OO2.COC(=O)Cn1cc(C)ccc1=O. The van der Waals surface area contributed by atoms with Crippen molar-refractivity contribution in [2.75, 3.05) is 20.8 Å². The van der Waals surface area contributed by atoms with Crippen molar-refractivity contribution in [3.8, 4) is 0 Å². The number of carbonyl (C=O) groups is 3. The van der Waals surface area contributed by atoms with Crippen molar-refractivity contribution in [3.05, 3.63) is 45.9 Å². The molecule has 4 rings (SSSR count). The molecule has 0 aromatic carbocycles. The monoisotopic (exact) mass is 426 g/mol. The lowest BCUT2D eigenvalue weighted by molar-refractivity contribution is -0.378. The number of ether oxygens (including phenoxy) is 2. The Balaban J connectivity index is 0.000000531. The summed E-state index contributed by atoms with van der Waals surface area (Å²) >= 11 is 0. The first kappa shape index (κ1) is 27.0. The highest BCUT2D eigenvalue weighted by atomic mass is 17.2. The van der Waals surface area contributed by atoms with E-state index in [0.29, 0.717) is 0 Å². The van der Waals surface area contributed by atoms with Crippen LogP contribution in [0.15, 0.2) is 34.8 Å². The Morgan fingerprint density at radius 3 is 2.17 bits per heavy atom. The largest absolute Gasteiger partial charge is 0.468 e. The third-order valence-corrected chi connectivity index (χ3v) is 4.05. The summed E-state index contributed by atoms with van der Waals surface area (Å²) in [5.41, 5.74) is 1.59. The van der Waals surface area contributed by atoms with E-state index in [2.05, 4.69) is 9.47 Å². The Kier molecular flexibility index (Phi) is 10.7. The molecule has 0 saturated carbocycles. The summed E-state index contributed by atoms with van der Waals surface area (Å²) in [6.07, 6.45) is 1.96. The lowest BCUT2D eigenvalue weighted by Gasteiger charge is -2.40. The number of methoxy groups -OCH3 is 2. The second-order valence-electron chi connectivity index (χ2n) is 6.17. The zero-order valence-corrected chi connectivity index (χ0v) is 16.0. The number of nitrogens with zero attached hydrogens (tertiary/aromatic N) is 2. The normalized spacial score (nSPS) is 18.7. The standard InChI is InChI=1S/C9H11NO5.C9H11NO3.2CH4/c1-5-3-6-8(12)10(4-7(11)13-2)9(5)15-14-6;1-7-3-4-8(11)10(5-7)6-9(12)13-2;;/h3,6,9H,4H2,1-2H3;3-5H,6H2,1-2H3;2*1H4. The van der Waals surface area contributed by atoms with Crippen LogP contribution in [-0.4, -0.2) is 60.4 Å². The maximum absolute atomic E-state index is 11.7. The molecule has 10 heteroatoms. The number of amides is 1. The van der Waals surface area contributed by atoms with Crippen LogP contribution >= 0.6 is 0 Å². The summed E-state index contributed by atoms with van der Waals surface area (Å²) in [6, 6.07) is 3.13. The fraction of sp³-hybridized carbons (Fsp3) is 0.500. The van der Waals surface area contributed by atoms with Gasteiger partial charge in [-0.25, -0.2) is 9.78 Å². The summed E-state index contributed by atoms with van der Waals surface area (Å²) in [6.45, 7) is 3.52. The summed E-state index contributed by atoms with van der Waals surface area (Å²) in [7, 11) is 2.57. The van der Waals surface area contributed by atoms with Crippen LogP contribution in [0.4, 0.5) is 0 Å². The van der Waals surface area contributed by atoms with Gasteiger partial charge in [-0.15, -0.1) is 0 Å². The van der Waals surface area contributed by atoms with Crippen molar-refractivity contribution >= 4 is 17.8 Å². The van der Waals surface area contributed by atoms with Crippen LogP contribution in [0.2, 0.25) is 0 Å². The number of pyridine rings is 1. The van der Waals surface area contributed by atoms with Gasteiger partial charge in [-0.3, -0.25) is 24.1 Å². The van der Waals surface area contributed by atoms with Gasteiger partial charge in [-0.2, -0.15) is 0 Å². The smallest absolute Gasteiger partial charge is 0.325 e. The summed E-state index contributed by atoms with van der Waals surface area (Å²) in [4.78, 5) is 55.8. The molecule has 4 heterocycles. The quantitative estimate of drug-likeness (QED) is 0.401. The van der Waals surface area contributed by atoms with Crippen LogP contribution in [0.1, 0.15) is 27.3 Å². The number of aryl methyl sites for hydroxylation is 1. The highest BCUT2D eigenvalue weighted by Crippen LogP contribution is 2.27. The van der Waals surface area contributed by atoms with E-state index in [-0.39, 0.29) is 39.4 Å². The minimum atomic E-state index is -0.736. The van der Waals surface area contributed by atoms with E-state index in [1.165, 1.54) is 29.8 Å². The third-order valence-electron chi connectivity index (χ3n) is 4.05. The Labute approximate surface area is 175 Å². The third kappa shape index (κ3) is 6.53. The van der Waals surface area contributed by atoms with Crippen molar-refractivity contribution in [2.45, 2.75) is 47.6 Å². The number of hydrogen-bond donors (Lipinski definition) is 0. The maximum Gasteiger partial charge on any atom is 0.325 e. The Morgan fingerprint density at radius 2 is 1.60 bits per heavy atom. The van der Waals surface area contributed by atoms with E-state index in [1.807, 2.05) is 13.8 Å². The molecule has 2 bridgehead atoms. The molecule has 1 aromatic rings. The highest BCUT2D eigenvalue weighted by Gasteiger charge is 2.43. The van der Waals surface area contributed by atoms with Gasteiger partial charge in [0, 0.05) is 12.3 Å². The van der Waals surface area contributed by atoms with Gasteiger partial charge in [0.15, 0.2) is 12.3 Å². The molecule has 3 aliphatic heterocycles. The van der Waals surface area contributed by atoms with Gasteiger partial charge in [-0.05, 0) is 31.1 Å². The molecule has 168 valence electrons. The van der Waals surface area contributed by atoms with Gasteiger partial charge in [0.1, 0.15) is 13.1 Å². The van der Waals surface area contributed by atoms with Crippen molar-refractivity contribution < 1.29 is 33.6 Å². The van der Waals surface area contributed by atoms with E-state index in [9.17, 15) is 19.2 Å². The second kappa shape index (κ2) is 11.9. The molecule has 3 aliphatic rings. The van der Waals surface area contributed by atoms with Crippen LogP contribution in [-0.2, 0) is 40.2 Å². The van der Waals surface area contributed by atoms with Crippen LogP contribution in [0.3, 0.4) is 0 Å². The molecule has 1 amide bonds. The van der Waals surface area contributed by atoms with E-state index in [0.717, 1.165) is 11.1 Å². The first-order chi connectivity index (χ1) is 13.3. The zero-order valence-electron chi connectivity index (χ0n) is 16.0. The van der Waals surface area contributed by atoms with Crippen LogP contribution in [0.25, 0.3) is 0 Å². The summed E-state index contributed by atoms with van der Waals surface area (Å²) in [5.74, 6) is -1.18. The number of esters is 2. The van der Waals surface area contributed by atoms with Crippen LogP contribution in [0.5, 0.6) is 0 Å². The first-order valence-electron chi connectivity index (χ1n) is 8.38. The van der Waals surface area contributed by atoms with Gasteiger partial charge < -0.3 is 14.0 Å². The topological polar surface area (TPSA) is 113 Å². The highest BCUT2D eigenvalue weighted by molar-refractivity contribution is 5.88. The van der Waals surface area contributed by atoms with Crippen molar-refractivity contribution in [1.29, 1.82) is 0 Å². The number of rotatable bonds is 4. The fourth-order valence-electron chi connectivity index (χ4n) is 2.57. The molecule has 1 aromatic heterocycles. The molecule has 1 saturated heterocycles. The summed E-state index contributed by atoms with van der Waals surface area (Å²) < 4.78 is 10.3. The molecule has 0 spiro atoms. The lowest BCUT2D eigenvalue weighted by Crippen LogP contribution is -2.57. The molecule has 0 radical (unpaired) electrons. The number of aromatic nitrogens is 1. The fourth-order valence-corrected chi connectivity index (χ4v) is 2.57. The van der Waals surface area contributed by atoms with E-state index < -0.39 is 24.3 Å². The zero-order chi connectivity index (χ0) is 20.8. The molecular weight excluding hydrogens is 396 g/mol. The van der Waals surface area contributed by atoms with E-state index in [1.54, 1.807) is 18.3 Å². The van der Waals surface area contributed by atoms with E-state index >= 15 is 0 Å². The average molecular weight is 426 g/mol. The number of carbonyl (C=O) groups excluding carboxylic acids is 3. The Bertz CT molecular complexity index is 845. The minimum absolute atomic E-state index is 0. The number of fused-ring (bicyclic) bond motifs is 2. The van der Waals surface area contributed by atoms with Gasteiger partial charge in [0.25, 0.3) is 11.5 Å². The molecule has 0 N–H and O–H groups in total. The molecule has 2 unspecified atom stereocenters. The van der Waals surface area contributed by atoms with E-state index in [4.69, 9.17) is 9.78 Å². The number of hydrogen-bond acceptors (Lipinski definition) is 8. The second-order valence-corrected chi connectivity index (χ2v) is 6.17. The van der Waals surface area contributed by atoms with Crippen LogP contribution in [0, 0.1) is 6.92 Å². The molecule has 10 nitrogen and oxygen atoms in total. The lowest BCUT2D eigenvalue weighted by atomic mass is 10.1. The maximum atomic E-state index is 11.7. The predicted molar refractivity (Wildman–Crippen MR) is 108 cm³/mol. The molecule has 1 fully saturated rings. The van der Waals surface area contributed by atoms with Crippen molar-refractivity contribution in [3.63, 3.8) is 0 Å². The van der Waals surface area contributed by atoms with Gasteiger partial charge in [0.05, 0.1) is 14.2 Å². The van der Waals surface area contributed by atoms with Gasteiger partial charge >= 0.3 is 11.9 Å². The first-order valence-corrected chi connectivity index (χ1v) is 8.38.